The molecule has 2 heteroatoms. The molecule has 0 bridgehead atoms. The van der Waals surface area contributed by atoms with Gasteiger partial charge in [-0.05, 0) is 120 Å². The van der Waals surface area contributed by atoms with Gasteiger partial charge in [0.2, 0.25) is 0 Å². The average Bonchev–Trinajstić information content (AvgIpc) is 3.86. The second kappa shape index (κ2) is 13.7. The van der Waals surface area contributed by atoms with E-state index in [4.69, 9.17) is 0 Å². The first-order valence-corrected chi connectivity index (χ1v) is 21.4. The van der Waals surface area contributed by atoms with Crippen molar-refractivity contribution in [3.05, 3.63) is 231 Å². The Balaban J connectivity index is 0.979. The van der Waals surface area contributed by atoms with E-state index in [2.05, 4.69) is 240 Å². The van der Waals surface area contributed by atoms with Gasteiger partial charge in [-0.3, -0.25) is 0 Å². The number of para-hydroxylation sites is 2. The van der Waals surface area contributed by atoms with Gasteiger partial charge in [0.15, 0.2) is 0 Å². The summed E-state index contributed by atoms with van der Waals surface area (Å²) < 4.78 is 4.88. The Labute approximate surface area is 358 Å². The van der Waals surface area contributed by atoms with Crippen LogP contribution in [-0.2, 0) is 0 Å². The van der Waals surface area contributed by atoms with Gasteiger partial charge in [0, 0.05) is 32.9 Å². The Hall–Kier alpha value is -8.20. The largest absolute Gasteiger partial charge is 0.309 e. The third kappa shape index (κ3) is 5.30. The Morgan fingerprint density at radius 2 is 0.758 bits per heavy atom. The zero-order valence-electron chi connectivity index (χ0n) is 33.8. The first-order valence-electron chi connectivity index (χ1n) is 21.4. The minimum Gasteiger partial charge on any atom is -0.309 e. The minimum atomic E-state index is 1.14. The molecule has 0 saturated heterocycles. The van der Waals surface area contributed by atoms with E-state index in [1.54, 1.807) is 0 Å². The highest BCUT2D eigenvalue weighted by atomic mass is 15.0. The Bertz CT molecular complexity index is 3920. The zero-order chi connectivity index (χ0) is 40.7. The van der Waals surface area contributed by atoms with E-state index < -0.39 is 0 Å². The molecular formula is C60H38N2. The molecule has 0 atom stereocenters. The third-order valence-electron chi connectivity index (χ3n) is 13.1. The van der Waals surface area contributed by atoms with Crippen LogP contribution in [0.4, 0.5) is 0 Å². The molecule has 0 radical (unpaired) electrons. The number of fused-ring (bicyclic) bond motifs is 10. The molecule has 0 fully saturated rings. The van der Waals surface area contributed by atoms with Crippen LogP contribution in [0.1, 0.15) is 0 Å². The summed E-state index contributed by atoms with van der Waals surface area (Å²) in [5.74, 6) is 0. The average molecular weight is 787 g/mol. The predicted molar refractivity (Wildman–Crippen MR) is 264 cm³/mol. The van der Waals surface area contributed by atoms with Gasteiger partial charge >= 0.3 is 0 Å². The lowest BCUT2D eigenvalue weighted by atomic mass is 9.91. The molecule has 0 aliphatic carbocycles. The van der Waals surface area contributed by atoms with Crippen molar-refractivity contribution in [1.29, 1.82) is 0 Å². The summed E-state index contributed by atoms with van der Waals surface area (Å²) in [7, 11) is 0. The smallest absolute Gasteiger partial charge is 0.0547 e. The number of aromatic nitrogens is 2. The summed E-state index contributed by atoms with van der Waals surface area (Å²) in [6, 6.07) is 84.9. The molecule has 0 aliphatic heterocycles. The second-order valence-electron chi connectivity index (χ2n) is 16.5. The highest BCUT2D eigenvalue weighted by molar-refractivity contribution is 6.14. The monoisotopic (exact) mass is 786 g/mol. The van der Waals surface area contributed by atoms with Gasteiger partial charge < -0.3 is 9.13 Å². The van der Waals surface area contributed by atoms with Crippen LogP contribution >= 0.6 is 0 Å². The molecule has 0 amide bonds. The van der Waals surface area contributed by atoms with Crippen LogP contribution in [0.3, 0.4) is 0 Å². The summed E-state index contributed by atoms with van der Waals surface area (Å²) >= 11 is 0. The fourth-order valence-electron chi connectivity index (χ4n) is 10.3. The summed E-state index contributed by atoms with van der Waals surface area (Å²) in [5.41, 5.74) is 14.4. The molecule has 13 rings (SSSR count). The molecule has 0 spiro atoms. The number of hydrogen-bond acceptors (Lipinski definition) is 0. The van der Waals surface area contributed by atoms with Crippen molar-refractivity contribution in [1.82, 2.24) is 9.13 Å². The quantitative estimate of drug-likeness (QED) is 0.154. The molecule has 0 N–H and O–H groups in total. The van der Waals surface area contributed by atoms with Crippen molar-refractivity contribution in [3.8, 4) is 44.8 Å². The third-order valence-corrected chi connectivity index (χ3v) is 13.1. The lowest BCUT2D eigenvalue weighted by Crippen LogP contribution is -1.95. The Morgan fingerprint density at radius 3 is 1.56 bits per heavy atom. The molecule has 0 saturated carbocycles. The summed E-state index contributed by atoms with van der Waals surface area (Å²) in [5, 5.41) is 12.5. The number of nitrogens with zero attached hydrogens (tertiary/aromatic N) is 2. The first-order chi connectivity index (χ1) is 30.7. The minimum absolute atomic E-state index is 1.14. The Kier molecular flexibility index (Phi) is 7.64. The van der Waals surface area contributed by atoms with Gasteiger partial charge in [-0.2, -0.15) is 0 Å². The zero-order valence-corrected chi connectivity index (χ0v) is 33.8. The maximum atomic E-state index is 2.45. The molecule has 288 valence electrons. The van der Waals surface area contributed by atoms with Crippen molar-refractivity contribution < 1.29 is 0 Å². The van der Waals surface area contributed by atoms with Crippen LogP contribution in [-0.4, -0.2) is 9.13 Å². The molecule has 2 aromatic heterocycles. The van der Waals surface area contributed by atoms with Crippen molar-refractivity contribution in [3.63, 3.8) is 0 Å². The molecule has 0 unspecified atom stereocenters. The van der Waals surface area contributed by atoms with E-state index in [1.165, 1.54) is 109 Å². The summed E-state index contributed by atoms with van der Waals surface area (Å²) in [6.45, 7) is 0. The summed E-state index contributed by atoms with van der Waals surface area (Å²) in [4.78, 5) is 0. The van der Waals surface area contributed by atoms with Crippen LogP contribution in [0.25, 0.3) is 121 Å². The highest BCUT2D eigenvalue weighted by Gasteiger charge is 2.18. The molecule has 62 heavy (non-hydrogen) atoms. The Morgan fingerprint density at radius 1 is 0.226 bits per heavy atom. The van der Waals surface area contributed by atoms with Crippen LogP contribution in [0.15, 0.2) is 231 Å². The maximum absolute atomic E-state index is 2.45. The van der Waals surface area contributed by atoms with E-state index in [0.717, 1.165) is 11.4 Å². The molecule has 13 aromatic rings. The SMILES string of the molecule is c1ccc(-c2ccc3c(c2)c2ccccc2n3-c2cccc(-c3cccc4cccc(-c5ccc6c7ccccc7n(-c7ccc8c(ccc9ccccc98)c7)c6c5)c34)c2)cc1. The van der Waals surface area contributed by atoms with Crippen molar-refractivity contribution in [2.45, 2.75) is 0 Å². The fraction of sp³-hybridized carbons (Fsp3) is 0. The highest BCUT2D eigenvalue weighted by Crippen LogP contribution is 2.42. The second-order valence-corrected chi connectivity index (χ2v) is 16.5. The first kappa shape index (κ1) is 34.6. The number of benzene rings is 11. The summed E-state index contributed by atoms with van der Waals surface area (Å²) in [6.07, 6.45) is 0. The predicted octanol–water partition coefficient (Wildman–Crippen LogP) is 16.3. The van der Waals surface area contributed by atoms with Gasteiger partial charge in [-0.25, -0.2) is 0 Å². The van der Waals surface area contributed by atoms with E-state index >= 15 is 0 Å². The number of rotatable bonds is 5. The van der Waals surface area contributed by atoms with Crippen molar-refractivity contribution in [2.75, 3.05) is 0 Å². The van der Waals surface area contributed by atoms with Gasteiger partial charge in [0.05, 0.1) is 22.1 Å². The lowest BCUT2D eigenvalue weighted by molar-refractivity contribution is 1.18. The van der Waals surface area contributed by atoms with E-state index in [9.17, 15) is 0 Å². The molecule has 11 aromatic carbocycles. The molecular weight excluding hydrogens is 749 g/mol. The van der Waals surface area contributed by atoms with Crippen LogP contribution in [0.2, 0.25) is 0 Å². The molecule has 2 nitrogen and oxygen atoms in total. The normalized spacial score (nSPS) is 11.9. The number of hydrogen-bond donors (Lipinski definition) is 0. The fourth-order valence-corrected chi connectivity index (χ4v) is 10.3. The van der Waals surface area contributed by atoms with Gasteiger partial charge in [0.1, 0.15) is 0 Å². The van der Waals surface area contributed by atoms with Gasteiger partial charge in [0.25, 0.3) is 0 Å². The van der Waals surface area contributed by atoms with E-state index in [0.29, 0.717) is 0 Å². The van der Waals surface area contributed by atoms with Gasteiger partial charge in [-0.15, -0.1) is 0 Å². The lowest BCUT2D eigenvalue weighted by Gasteiger charge is -2.15. The van der Waals surface area contributed by atoms with Crippen molar-refractivity contribution in [2.24, 2.45) is 0 Å². The van der Waals surface area contributed by atoms with E-state index in [-0.39, 0.29) is 0 Å². The molecule has 0 aliphatic rings. The van der Waals surface area contributed by atoms with Crippen LogP contribution in [0.5, 0.6) is 0 Å². The maximum Gasteiger partial charge on any atom is 0.0547 e. The van der Waals surface area contributed by atoms with Gasteiger partial charge in [-0.1, -0.05) is 176 Å². The van der Waals surface area contributed by atoms with Crippen LogP contribution in [0, 0.1) is 0 Å². The molecule has 2 heterocycles. The van der Waals surface area contributed by atoms with E-state index in [1.807, 2.05) is 0 Å². The van der Waals surface area contributed by atoms with Crippen molar-refractivity contribution >= 4 is 75.9 Å². The standard InChI is InChI=1S/C60H38N2/c1-2-13-39(14-3-1)42-30-34-58-55(37-42)53-22-7-9-26-57(53)61(58)46-19-10-18-43(35-46)50-23-11-16-41-17-12-24-51(60(41)50)45-29-32-54-52-21-6-8-25-56(52)62(59(54)38-45)47-31-33-49-44(36-47)28-27-40-15-4-5-20-48(40)49/h1-38H. The van der Waals surface area contributed by atoms with Crippen LogP contribution < -0.4 is 0 Å². The topological polar surface area (TPSA) is 9.86 Å².